The van der Waals surface area contributed by atoms with E-state index in [-0.39, 0.29) is 23.6 Å². The summed E-state index contributed by atoms with van der Waals surface area (Å²) >= 11 is 0. The number of benzene rings is 1. The summed E-state index contributed by atoms with van der Waals surface area (Å²) in [6.07, 6.45) is 3.96. The monoisotopic (exact) mass is 293 g/mol. The van der Waals surface area contributed by atoms with E-state index in [1.165, 1.54) is 6.07 Å². The zero-order valence-electron chi connectivity index (χ0n) is 12.8. The minimum atomic E-state index is -0.197. The molecule has 2 heterocycles. The van der Waals surface area contributed by atoms with Crippen LogP contribution in [0.15, 0.2) is 18.2 Å². The van der Waals surface area contributed by atoms with Crippen molar-refractivity contribution in [1.82, 2.24) is 5.32 Å². The first kappa shape index (κ1) is 14.8. The Labute approximate surface area is 125 Å². The van der Waals surface area contributed by atoms with Crippen LogP contribution >= 0.6 is 0 Å². The molecule has 3 atom stereocenters. The zero-order chi connectivity index (χ0) is 14.9. The maximum absolute atomic E-state index is 13.6. The Morgan fingerprint density at radius 2 is 2.24 bits per heavy atom. The molecular formula is C17H24FNO2. The second-order valence-electron chi connectivity index (χ2n) is 6.31. The number of ether oxygens (including phenoxy) is 2. The largest absolute Gasteiger partial charge is 0.487 e. The lowest BCUT2D eigenvalue weighted by molar-refractivity contribution is -0.0967. The Kier molecular flexibility index (Phi) is 4.18. The van der Waals surface area contributed by atoms with E-state index in [1.54, 1.807) is 12.1 Å². The van der Waals surface area contributed by atoms with Crippen molar-refractivity contribution in [2.75, 3.05) is 13.2 Å². The summed E-state index contributed by atoms with van der Waals surface area (Å²) in [4.78, 5) is 0. The minimum Gasteiger partial charge on any atom is -0.487 e. The Bertz CT molecular complexity index is 508. The maximum atomic E-state index is 13.6. The highest BCUT2D eigenvalue weighted by atomic mass is 19.1. The molecule has 3 unspecified atom stereocenters. The molecule has 116 valence electrons. The third-order valence-electron chi connectivity index (χ3n) is 4.51. The van der Waals surface area contributed by atoms with Crippen molar-refractivity contribution in [3.05, 3.63) is 29.6 Å². The molecule has 1 fully saturated rings. The van der Waals surface area contributed by atoms with E-state index >= 15 is 0 Å². The molecule has 0 aromatic heterocycles. The third kappa shape index (κ3) is 3.06. The van der Waals surface area contributed by atoms with Crippen molar-refractivity contribution < 1.29 is 13.9 Å². The lowest BCUT2D eigenvalue weighted by Gasteiger charge is -2.46. The van der Waals surface area contributed by atoms with Gasteiger partial charge < -0.3 is 14.8 Å². The number of rotatable bonds is 3. The zero-order valence-corrected chi connectivity index (χ0v) is 12.8. The molecule has 0 saturated carbocycles. The number of hydrogen-bond acceptors (Lipinski definition) is 3. The summed E-state index contributed by atoms with van der Waals surface area (Å²) in [6.45, 7) is 5.91. The lowest BCUT2D eigenvalue weighted by Crippen LogP contribution is -2.49. The summed E-state index contributed by atoms with van der Waals surface area (Å²) in [5, 5.41) is 3.55. The Morgan fingerprint density at radius 3 is 3.00 bits per heavy atom. The first-order valence-corrected chi connectivity index (χ1v) is 7.95. The quantitative estimate of drug-likeness (QED) is 0.924. The van der Waals surface area contributed by atoms with E-state index in [4.69, 9.17) is 9.47 Å². The van der Waals surface area contributed by atoms with Gasteiger partial charge >= 0.3 is 0 Å². The molecule has 1 aromatic rings. The van der Waals surface area contributed by atoms with Crippen LogP contribution in [0.3, 0.4) is 0 Å². The van der Waals surface area contributed by atoms with Crippen LogP contribution < -0.4 is 10.1 Å². The average molecular weight is 293 g/mol. The molecule has 21 heavy (non-hydrogen) atoms. The van der Waals surface area contributed by atoms with Gasteiger partial charge in [-0.1, -0.05) is 6.92 Å². The van der Waals surface area contributed by atoms with Crippen LogP contribution in [0.25, 0.3) is 0 Å². The minimum absolute atomic E-state index is 0.162. The second kappa shape index (κ2) is 5.93. The van der Waals surface area contributed by atoms with Gasteiger partial charge in [0, 0.05) is 30.9 Å². The van der Waals surface area contributed by atoms with Crippen LogP contribution in [0.5, 0.6) is 5.75 Å². The van der Waals surface area contributed by atoms with E-state index in [2.05, 4.69) is 19.2 Å². The molecule has 1 aromatic carbocycles. The van der Waals surface area contributed by atoms with Gasteiger partial charge in [-0.05, 0) is 38.1 Å². The predicted octanol–water partition coefficient (Wildman–Crippen LogP) is 3.59. The van der Waals surface area contributed by atoms with Crippen LogP contribution in [-0.2, 0) is 4.74 Å². The summed E-state index contributed by atoms with van der Waals surface area (Å²) in [5.74, 6) is 0.627. The molecule has 0 bridgehead atoms. The van der Waals surface area contributed by atoms with Crippen LogP contribution in [0.2, 0.25) is 0 Å². The predicted molar refractivity (Wildman–Crippen MR) is 80.1 cm³/mol. The van der Waals surface area contributed by atoms with Gasteiger partial charge in [-0.25, -0.2) is 4.39 Å². The number of nitrogens with one attached hydrogen (secondary N) is 1. The van der Waals surface area contributed by atoms with E-state index in [9.17, 15) is 4.39 Å². The van der Waals surface area contributed by atoms with Crippen molar-refractivity contribution in [2.45, 2.75) is 57.3 Å². The summed E-state index contributed by atoms with van der Waals surface area (Å²) in [6, 6.07) is 5.02. The van der Waals surface area contributed by atoms with Crippen molar-refractivity contribution in [3.8, 4) is 5.75 Å². The Balaban J connectivity index is 1.90. The second-order valence-corrected chi connectivity index (χ2v) is 6.31. The highest BCUT2D eigenvalue weighted by molar-refractivity contribution is 5.39. The molecule has 2 aliphatic rings. The Hall–Kier alpha value is -1.13. The number of halogens is 1. The molecule has 3 nitrogen and oxygen atoms in total. The van der Waals surface area contributed by atoms with Crippen molar-refractivity contribution in [1.29, 1.82) is 0 Å². The fourth-order valence-corrected chi connectivity index (χ4v) is 3.55. The van der Waals surface area contributed by atoms with Crippen molar-refractivity contribution >= 4 is 0 Å². The Morgan fingerprint density at radius 1 is 1.38 bits per heavy atom. The van der Waals surface area contributed by atoms with Gasteiger partial charge in [0.05, 0.1) is 12.7 Å². The van der Waals surface area contributed by atoms with Gasteiger partial charge in [0.25, 0.3) is 0 Å². The normalized spacial score (nSPS) is 31.8. The van der Waals surface area contributed by atoms with Gasteiger partial charge in [-0.15, -0.1) is 0 Å². The molecular weight excluding hydrogens is 269 g/mol. The van der Waals surface area contributed by atoms with Gasteiger partial charge in [-0.3, -0.25) is 0 Å². The summed E-state index contributed by atoms with van der Waals surface area (Å²) in [7, 11) is 0. The van der Waals surface area contributed by atoms with Crippen LogP contribution in [0.1, 0.15) is 51.1 Å². The lowest BCUT2D eigenvalue weighted by atomic mass is 9.80. The SMILES string of the molecule is CCCNC1CC2(CCOC(C)C2)Oc2ccc(F)cc21. The van der Waals surface area contributed by atoms with Crippen LogP contribution in [0, 0.1) is 5.82 Å². The van der Waals surface area contributed by atoms with Crippen molar-refractivity contribution in [3.63, 3.8) is 0 Å². The maximum Gasteiger partial charge on any atom is 0.125 e. The van der Waals surface area contributed by atoms with Crippen LogP contribution in [0.4, 0.5) is 4.39 Å². The number of fused-ring (bicyclic) bond motifs is 1. The first-order chi connectivity index (χ1) is 10.1. The van der Waals surface area contributed by atoms with E-state index < -0.39 is 0 Å². The van der Waals surface area contributed by atoms with Crippen molar-refractivity contribution in [2.24, 2.45) is 0 Å². The molecule has 1 N–H and O–H groups in total. The first-order valence-electron chi connectivity index (χ1n) is 7.95. The fourth-order valence-electron chi connectivity index (χ4n) is 3.55. The molecule has 2 aliphatic heterocycles. The molecule has 3 rings (SSSR count). The van der Waals surface area contributed by atoms with Gasteiger partial charge in [-0.2, -0.15) is 0 Å². The van der Waals surface area contributed by atoms with E-state index in [0.29, 0.717) is 0 Å². The molecule has 0 amide bonds. The highest BCUT2D eigenvalue weighted by Crippen LogP contribution is 2.45. The smallest absolute Gasteiger partial charge is 0.125 e. The summed E-state index contributed by atoms with van der Waals surface area (Å²) in [5.41, 5.74) is 0.779. The molecule has 0 aliphatic carbocycles. The fraction of sp³-hybridized carbons (Fsp3) is 0.647. The topological polar surface area (TPSA) is 30.5 Å². The van der Waals surface area contributed by atoms with Gasteiger partial charge in [0.2, 0.25) is 0 Å². The highest BCUT2D eigenvalue weighted by Gasteiger charge is 2.44. The van der Waals surface area contributed by atoms with E-state index in [0.717, 1.165) is 50.1 Å². The van der Waals surface area contributed by atoms with Crippen LogP contribution in [-0.4, -0.2) is 24.9 Å². The standard InChI is InChI=1S/C17H24FNO2/c1-3-7-19-15-11-17(6-8-20-12(2)10-17)21-16-5-4-13(18)9-14(15)16/h4-5,9,12,15,19H,3,6-8,10-11H2,1-2H3. The van der Waals surface area contributed by atoms with Gasteiger partial charge in [0.15, 0.2) is 0 Å². The molecule has 1 spiro atoms. The molecule has 0 radical (unpaired) electrons. The van der Waals surface area contributed by atoms with E-state index in [1.807, 2.05) is 0 Å². The molecule has 1 saturated heterocycles. The average Bonchev–Trinajstić information content (AvgIpc) is 2.45. The molecule has 4 heteroatoms. The van der Waals surface area contributed by atoms with Gasteiger partial charge in [0.1, 0.15) is 17.2 Å². The number of hydrogen-bond donors (Lipinski definition) is 1. The summed E-state index contributed by atoms with van der Waals surface area (Å²) < 4.78 is 25.6. The third-order valence-corrected chi connectivity index (χ3v) is 4.51.